The molecule has 62 valence electrons. The average molecular weight is 200 g/mol. The first kappa shape index (κ1) is 7.64. The number of thiophene rings is 1. The number of hydrogen-bond acceptors (Lipinski definition) is 3. The Morgan fingerprint density at radius 2 is 2.42 bits per heavy atom. The molecule has 0 radical (unpaired) electrons. The van der Waals surface area contributed by atoms with Gasteiger partial charge in [-0.15, -0.1) is 11.3 Å². The number of nitrogens with one attached hydrogen (secondary N) is 1. The van der Waals surface area contributed by atoms with Crippen molar-refractivity contribution in [2.75, 3.05) is 5.73 Å². The van der Waals surface area contributed by atoms with Gasteiger partial charge in [0.05, 0.1) is 15.6 Å². The van der Waals surface area contributed by atoms with E-state index < -0.39 is 0 Å². The Morgan fingerprint density at radius 1 is 1.58 bits per heavy atom. The summed E-state index contributed by atoms with van der Waals surface area (Å²) < 4.78 is 0. The minimum absolute atomic E-state index is 0.481. The van der Waals surface area contributed by atoms with E-state index in [2.05, 4.69) is 10.2 Å². The summed E-state index contributed by atoms with van der Waals surface area (Å²) >= 11 is 7.46. The molecule has 0 aliphatic heterocycles. The van der Waals surface area contributed by atoms with Crippen LogP contribution in [-0.4, -0.2) is 10.2 Å². The Labute approximate surface area is 78.2 Å². The Hall–Kier alpha value is -1.00. The molecular formula is C7H6ClN3S. The topological polar surface area (TPSA) is 54.7 Å². The molecule has 0 atom stereocenters. The van der Waals surface area contributed by atoms with Gasteiger partial charge in [-0.2, -0.15) is 5.10 Å². The second-order valence-corrected chi connectivity index (χ2v) is 3.63. The van der Waals surface area contributed by atoms with Crippen LogP contribution in [0.3, 0.4) is 0 Å². The van der Waals surface area contributed by atoms with Gasteiger partial charge in [-0.05, 0) is 11.4 Å². The van der Waals surface area contributed by atoms with Gasteiger partial charge in [0, 0.05) is 6.07 Å². The molecule has 0 aliphatic carbocycles. The highest BCUT2D eigenvalue weighted by Gasteiger charge is 2.06. The van der Waals surface area contributed by atoms with Crippen molar-refractivity contribution < 1.29 is 0 Å². The fourth-order valence-electron chi connectivity index (χ4n) is 0.939. The second-order valence-electron chi connectivity index (χ2n) is 2.30. The van der Waals surface area contributed by atoms with Crippen molar-refractivity contribution >= 4 is 28.8 Å². The van der Waals surface area contributed by atoms with E-state index in [4.69, 9.17) is 17.3 Å². The highest BCUT2D eigenvalue weighted by atomic mass is 35.5. The molecule has 0 saturated carbocycles. The van der Waals surface area contributed by atoms with Crippen molar-refractivity contribution in [3.05, 3.63) is 22.5 Å². The number of hydrogen-bond donors (Lipinski definition) is 2. The van der Waals surface area contributed by atoms with Crippen molar-refractivity contribution in [3.63, 3.8) is 0 Å². The first-order valence-electron chi connectivity index (χ1n) is 3.31. The molecule has 0 amide bonds. The van der Waals surface area contributed by atoms with E-state index >= 15 is 0 Å². The van der Waals surface area contributed by atoms with Crippen molar-refractivity contribution in [3.8, 4) is 10.6 Å². The van der Waals surface area contributed by atoms with Crippen LogP contribution in [-0.2, 0) is 0 Å². The molecule has 0 unspecified atom stereocenters. The van der Waals surface area contributed by atoms with Crippen LogP contribution in [0.1, 0.15) is 0 Å². The third kappa shape index (κ3) is 1.19. The summed E-state index contributed by atoms with van der Waals surface area (Å²) in [7, 11) is 0. The first-order valence-corrected chi connectivity index (χ1v) is 4.57. The Bertz CT molecular complexity index is 393. The Kier molecular flexibility index (Phi) is 1.78. The normalized spacial score (nSPS) is 10.4. The molecule has 3 N–H and O–H groups in total. The number of nitrogens with two attached hydrogens (primary N) is 1. The van der Waals surface area contributed by atoms with Crippen LogP contribution in [0.2, 0.25) is 5.02 Å². The molecule has 3 nitrogen and oxygen atoms in total. The fraction of sp³-hybridized carbons (Fsp3) is 0. The van der Waals surface area contributed by atoms with Crippen LogP contribution < -0.4 is 5.73 Å². The number of rotatable bonds is 1. The minimum atomic E-state index is 0.481. The van der Waals surface area contributed by atoms with Crippen LogP contribution in [0.4, 0.5) is 5.82 Å². The number of halogens is 1. The predicted octanol–water partition coefficient (Wildman–Crippen LogP) is 2.37. The van der Waals surface area contributed by atoms with Crippen molar-refractivity contribution in [1.82, 2.24) is 10.2 Å². The maximum absolute atomic E-state index is 5.91. The summed E-state index contributed by atoms with van der Waals surface area (Å²) in [6, 6.07) is 3.61. The molecule has 12 heavy (non-hydrogen) atoms. The smallest absolute Gasteiger partial charge is 0.145 e. The molecule has 0 aromatic carbocycles. The van der Waals surface area contributed by atoms with Gasteiger partial charge in [0.1, 0.15) is 5.82 Å². The van der Waals surface area contributed by atoms with Gasteiger partial charge in [-0.1, -0.05) is 11.6 Å². The van der Waals surface area contributed by atoms with E-state index in [-0.39, 0.29) is 0 Å². The monoisotopic (exact) mass is 199 g/mol. The molecule has 0 saturated heterocycles. The molecule has 0 bridgehead atoms. The molecule has 0 spiro atoms. The second kappa shape index (κ2) is 2.80. The number of nitrogen functional groups attached to an aromatic ring is 1. The largest absolute Gasteiger partial charge is 0.382 e. The van der Waals surface area contributed by atoms with Crippen LogP contribution in [0.5, 0.6) is 0 Å². The lowest BCUT2D eigenvalue weighted by molar-refractivity contribution is 1.11. The Balaban J connectivity index is 2.50. The summed E-state index contributed by atoms with van der Waals surface area (Å²) in [4.78, 5) is 0.973. The number of nitrogens with zero attached hydrogens (tertiary/aromatic N) is 1. The fourth-order valence-corrected chi connectivity index (χ4v) is 2.06. The number of H-pyrrole nitrogens is 1. The highest BCUT2D eigenvalue weighted by molar-refractivity contribution is 7.14. The maximum Gasteiger partial charge on any atom is 0.145 e. The van der Waals surface area contributed by atoms with Crippen LogP contribution in [0, 0.1) is 0 Å². The molecular weight excluding hydrogens is 194 g/mol. The van der Waals surface area contributed by atoms with Gasteiger partial charge in [0.15, 0.2) is 0 Å². The molecule has 5 heteroatoms. The number of aromatic amines is 1. The predicted molar refractivity (Wildman–Crippen MR) is 51.3 cm³/mol. The van der Waals surface area contributed by atoms with Gasteiger partial charge in [-0.25, -0.2) is 0 Å². The van der Waals surface area contributed by atoms with E-state index in [1.54, 1.807) is 17.4 Å². The third-order valence-electron chi connectivity index (χ3n) is 1.46. The zero-order chi connectivity index (χ0) is 8.55. The highest BCUT2D eigenvalue weighted by Crippen LogP contribution is 2.32. The van der Waals surface area contributed by atoms with E-state index in [1.165, 1.54) is 0 Å². The summed E-state index contributed by atoms with van der Waals surface area (Å²) in [6.45, 7) is 0. The lowest BCUT2D eigenvalue weighted by Gasteiger charge is -1.89. The van der Waals surface area contributed by atoms with Crippen LogP contribution in [0.15, 0.2) is 17.5 Å². The molecule has 0 fully saturated rings. The van der Waals surface area contributed by atoms with Crippen LogP contribution in [0.25, 0.3) is 10.6 Å². The van der Waals surface area contributed by atoms with E-state index in [9.17, 15) is 0 Å². The maximum atomic E-state index is 5.91. The molecule has 2 rings (SSSR count). The lowest BCUT2D eigenvalue weighted by atomic mass is 10.3. The average Bonchev–Trinajstić information content (AvgIpc) is 2.58. The zero-order valence-electron chi connectivity index (χ0n) is 6.04. The van der Waals surface area contributed by atoms with Gasteiger partial charge < -0.3 is 5.73 Å². The number of aromatic nitrogens is 2. The SMILES string of the molecule is Nc1cc(-c2sccc2Cl)[nH]n1. The zero-order valence-corrected chi connectivity index (χ0v) is 7.62. The summed E-state index contributed by atoms with van der Waals surface area (Å²) in [6.07, 6.45) is 0. The summed E-state index contributed by atoms with van der Waals surface area (Å²) in [5.41, 5.74) is 6.32. The quantitative estimate of drug-likeness (QED) is 0.741. The molecule has 2 aromatic heterocycles. The molecule has 2 heterocycles. The Morgan fingerprint density at radius 3 is 2.92 bits per heavy atom. The standard InChI is InChI=1S/C7H6ClN3S/c8-4-1-2-12-7(4)5-3-6(9)11-10-5/h1-3H,(H3,9,10,11). The van der Waals surface area contributed by atoms with Crippen molar-refractivity contribution in [1.29, 1.82) is 0 Å². The van der Waals surface area contributed by atoms with Crippen LogP contribution >= 0.6 is 22.9 Å². The molecule has 0 aliphatic rings. The lowest BCUT2D eigenvalue weighted by Crippen LogP contribution is -1.81. The minimum Gasteiger partial charge on any atom is -0.382 e. The van der Waals surface area contributed by atoms with Gasteiger partial charge >= 0.3 is 0 Å². The summed E-state index contributed by atoms with van der Waals surface area (Å²) in [5, 5.41) is 9.27. The van der Waals surface area contributed by atoms with Crippen molar-refractivity contribution in [2.45, 2.75) is 0 Å². The van der Waals surface area contributed by atoms with Gasteiger partial charge in [0.25, 0.3) is 0 Å². The van der Waals surface area contributed by atoms with Gasteiger partial charge in [0.2, 0.25) is 0 Å². The van der Waals surface area contributed by atoms with E-state index in [0.717, 1.165) is 15.6 Å². The van der Waals surface area contributed by atoms with Gasteiger partial charge in [-0.3, -0.25) is 5.10 Å². The number of anilines is 1. The summed E-state index contributed by atoms with van der Waals surface area (Å²) in [5.74, 6) is 0.481. The first-order chi connectivity index (χ1) is 5.77. The third-order valence-corrected chi connectivity index (χ3v) is 2.83. The molecule has 2 aromatic rings. The van der Waals surface area contributed by atoms with E-state index in [1.807, 2.05) is 11.4 Å². The van der Waals surface area contributed by atoms with E-state index in [0.29, 0.717) is 5.82 Å². The van der Waals surface area contributed by atoms with Crippen molar-refractivity contribution in [2.24, 2.45) is 0 Å².